The average molecular weight is 364 g/mol. The van der Waals surface area contributed by atoms with Gasteiger partial charge in [0.05, 0.1) is 11.3 Å². The van der Waals surface area contributed by atoms with E-state index < -0.39 is 10.8 Å². The Morgan fingerprint density at radius 2 is 2.19 bits per heavy atom. The zero-order valence-corrected chi connectivity index (χ0v) is 14.2. The Kier molecular flexibility index (Phi) is 5.27. The summed E-state index contributed by atoms with van der Waals surface area (Å²) in [7, 11) is 0. The van der Waals surface area contributed by atoms with Crippen LogP contribution in [0.2, 0.25) is 0 Å². The molecule has 0 unspecified atom stereocenters. The summed E-state index contributed by atoms with van der Waals surface area (Å²) >= 11 is 0. The van der Waals surface area contributed by atoms with Crippen LogP contribution in [-0.4, -0.2) is 27.0 Å². The number of hydrogen-bond donors (Lipinski definition) is 1. The highest BCUT2D eigenvalue weighted by Crippen LogP contribution is 2.25. The molecule has 0 bridgehead atoms. The number of anilines is 1. The highest BCUT2D eigenvalue weighted by atomic mass is 16.6. The van der Waals surface area contributed by atoms with E-state index in [1.165, 1.54) is 35.3 Å². The van der Waals surface area contributed by atoms with Gasteiger partial charge in [0.1, 0.15) is 18.0 Å². The maximum Gasteiger partial charge on any atom is 0.294 e. The molecule has 1 amide bonds. The van der Waals surface area contributed by atoms with Crippen LogP contribution in [0.5, 0.6) is 5.75 Å². The highest BCUT2D eigenvalue weighted by molar-refractivity contribution is 6.05. The molecule has 0 radical (unpaired) electrons. The van der Waals surface area contributed by atoms with E-state index in [2.05, 4.69) is 16.9 Å². The summed E-state index contributed by atoms with van der Waals surface area (Å²) in [6, 6.07) is 11.1. The van der Waals surface area contributed by atoms with Crippen molar-refractivity contribution in [1.82, 2.24) is 9.55 Å². The van der Waals surface area contributed by atoms with E-state index >= 15 is 0 Å². The number of nitro groups is 1. The van der Waals surface area contributed by atoms with E-state index in [1.54, 1.807) is 36.5 Å². The van der Waals surface area contributed by atoms with Crippen LogP contribution >= 0.6 is 0 Å². The van der Waals surface area contributed by atoms with E-state index in [1.807, 2.05) is 0 Å². The van der Waals surface area contributed by atoms with Gasteiger partial charge in [-0.15, -0.1) is 0 Å². The summed E-state index contributed by atoms with van der Waals surface area (Å²) < 4.78 is 6.94. The molecule has 1 N–H and O–H groups in total. The normalized spacial score (nSPS) is 10.2. The predicted octanol–water partition coefficient (Wildman–Crippen LogP) is 3.60. The van der Waals surface area contributed by atoms with Crippen molar-refractivity contribution in [2.75, 3.05) is 11.9 Å². The summed E-state index contributed by atoms with van der Waals surface area (Å²) in [4.78, 5) is 27.3. The zero-order chi connectivity index (χ0) is 19.2. The Labute approximate surface area is 154 Å². The van der Waals surface area contributed by atoms with Crippen LogP contribution in [0.1, 0.15) is 10.4 Å². The number of carbonyl (C=O) groups is 1. The molecule has 0 saturated carbocycles. The fourth-order valence-corrected chi connectivity index (χ4v) is 2.45. The first-order valence-electron chi connectivity index (χ1n) is 8.00. The summed E-state index contributed by atoms with van der Waals surface area (Å²) in [5.74, 6) is 0.116. The van der Waals surface area contributed by atoms with Gasteiger partial charge in [-0.25, -0.2) is 4.98 Å². The Bertz CT molecular complexity index is 983. The minimum absolute atomic E-state index is 0.169. The Morgan fingerprint density at radius 1 is 1.33 bits per heavy atom. The Hall–Kier alpha value is -3.94. The van der Waals surface area contributed by atoms with Crippen molar-refractivity contribution in [3.63, 3.8) is 0 Å². The van der Waals surface area contributed by atoms with Gasteiger partial charge in [0.15, 0.2) is 0 Å². The molecule has 1 aromatic heterocycles. The van der Waals surface area contributed by atoms with Crippen molar-refractivity contribution >= 4 is 17.3 Å². The topological polar surface area (TPSA) is 99.3 Å². The molecule has 1 heterocycles. The summed E-state index contributed by atoms with van der Waals surface area (Å²) in [6.07, 6.45) is 6.19. The molecule has 0 saturated heterocycles. The molecular weight excluding hydrogens is 348 g/mol. The second-order valence-electron chi connectivity index (χ2n) is 5.51. The van der Waals surface area contributed by atoms with Gasteiger partial charge in [-0.3, -0.25) is 14.9 Å². The van der Waals surface area contributed by atoms with E-state index in [0.29, 0.717) is 23.7 Å². The molecule has 0 atom stereocenters. The summed E-state index contributed by atoms with van der Waals surface area (Å²) in [5.41, 5.74) is 0.823. The van der Waals surface area contributed by atoms with Crippen LogP contribution < -0.4 is 10.1 Å². The maximum absolute atomic E-state index is 12.5. The lowest BCUT2D eigenvalue weighted by Crippen LogP contribution is -2.13. The first-order chi connectivity index (χ1) is 13.1. The molecule has 0 aliphatic carbocycles. The molecule has 0 fully saturated rings. The van der Waals surface area contributed by atoms with Crippen molar-refractivity contribution in [3.8, 4) is 11.4 Å². The molecule has 3 rings (SSSR count). The number of ether oxygens (including phenoxy) is 1. The summed E-state index contributed by atoms with van der Waals surface area (Å²) in [6.45, 7) is 3.93. The number of nitrogens with one attached hydrogen (secondary N) is 1. The fraction of sp³-hybridized carbons (Fsp3) is 0.0526. The van der Waals surface area contributed by atoms with Crippen LogP contribution in [0.15, 0.2) is 73.8 Å². The SMILES string of the molecule is C=CCOc1cccc(NC(=O)c2ccc(-n3ccnc3)c([N+](=O)[O-])c2)c1. The van der Waals surface area contributed by atoms with Crippen LogP contribution in [0.4, 0.5) is 11.4 Å². The van der Waals surface area contributed by atoms with Crippen LogP contribution in [0, 0.1) is 10.1 Å². The van der Waals surface area contributed by atoms with Crippen molar-refractivity contribution in [2.24, 2.45) is 0 Å². The van der Waals surface area contributed by atoms with E-state index in [0.717, 1.165) is 0 Å². The van der Waals surface area contributed by atoms with Gasteiger partial charge in [-0.1, -0.05) is 18.7 Å². The number of nitro benzene ring substituents is 1. The Morgan fingerprint density at radius 3 is 2.89 bits per heavy atom. The third-order valence-corrected chi connectivity index (χ3v) is 3.68. The van der Waals surface area contributed by atoms with E-state index in [9.17, 15) is 14.9 Å². The average Bonchev–Trinajstić information content (AvgIpc) is 3.20. The van der Waals surface area contributed by atoms with Crippen molar-refractivity contribution in [3.05, 3.63) is 89.5 Å². The lowest BCUT2D eigenvalue weighted by atomic mass is 10.1. The molecule has 136 valence electrons. The van der Waals surface area contributed by atoms with Crippen molar-refractivity contribution in [2.45, 2.75) is 0 Å². The van der Waals surface area contributed by atoms with Gasteiger partial charge < -0.3 is 14.6 Å². The monoisotopic (exact) mass is 364 g/mol. The molecular formula is C19H16N4O4. The smallest absolute Gasteiger partial charge is 0.294 e. The minimum atomic E-state index is -0.532. The second-order valence-corrected chi connectivity index (χ2v) is 5.51. The maximum atomic E-state index is 12.5. The number of aromatic nitrogens is 2. The van der Waals surface area contributed by atoms with Crippen LogP contribution in [-0.2, 0) is 0 Å². The van der Waals surface area contributed by atoms with Crippen LogP contribution in [0.25, 0.3) is 5.69 Å². The van der Waals surface area contributed by atoms with Gasteiger partial charge in [0.2, 0.25) is 0 Å². The van der Waals surface area contributed by atoms with E-state index in [-0.39, 0.29) is 11.3 Å². The number of amides is 1. The third kappa shape index (κ3) is 4.18. The predicted molar refractivity (Wildman–Crippen MR) is 100 cm³/mol. The molecule has 3 aromatic rings. The largest absolute Gasteiger partial charge is 0.489 e. The number of carbonyl (C=O) groups excluding carboxylic acids is 1. The van der Waals surface area contributed by atoms with Gasteiger partial charge in [0.25, 0.3) is 11.6 Å². The van der Waals surface area contributed by atoms with Crippen molar-refractivity contribution in [1.29, 1.82) is 0 Å². The Balaban J connectivity index is 1.84. The van der Waals surface area contributed by atoms with Gasteiger partial charge >= 0.3 is 0 Å². The fourth-order valence-electron chi connectivity index (χ4n) is 2.45. The standard InChI is InChI=1S/C19H16N4O4/c1-2-10-27-16-5-3-4-15(12-16)21-19(24)14-6-7-17(18(11-14)23(25)26)22-9-8-20-13-22/h2-9,11-13H,1,10H2,(H,21,24). The van der Waals surface area contributed by atoms with Gasteiger partial charge in [-0.2, -0.15) is 0 Å². The van der Waals surface area contributed by atoms with Crippen LogP contribution in [0.3, 0.4) is 0 Å². The molecule has 0 spiro atoms. The highest BCUT2D eigenvalue weighted by Gasteiger charge is 2.19. The van der Waals surface area contributed by atoms with Crippen molar-refractivity contribution < 1.29 is 14.5 Å². The molecule has 2 aromatic carbocycles. The first-order valence-corrected chi connectivity index (χ1v) is 8.00. The zero-order valence-electron chi connectivity index (χ0n) is 14.2. The molecule has 0 aliphatic rings. The number of imidazole rings is 1. The molecule has 27 heavy (non-hydrogen) atoms. The molecule has 0 aliphatic heterocycles. The lowest BCUT2D eigenvalue weighted by Gasteiger charge is -2.09. The summed E-state index contributed by atoms with van der Waals surface area (Å²) in [5, 5.41) is 14.1. The lowest BCUT2D eigenvalue weighted by molar-refractivity contribution is -0.384. The first kappa shape index (κ1) is 17.9. The quantitative estimate of drug-likeness (QED) is 0.392. The third-order valence-electron chi connectivity index (χ3n) is 3.68. The van der Waals surface area contributed by atoms with Gasteiger partial charge in [-0.05, 0) is 24.3 Å². The molecule has 8 heteroatoms. The number of rotatable bonds is 7. The number of hydrogen-bond acceptors (Lipinski definition) is 5. The molecule has 8 nitrogen and oxygen atoms in total. The second kappa shape index (κ2) is 7.96. The van der Waals surface area contributed by atoms with Gasteiger partial charge in [0, 0.05) is 35.8 Å². The minimum Gasteiger partial charge on any atom is -0.489 e. The number of nitrogens with zero attached hydrogens (tertiary/aromatic N) is 3. The van der Waals surface area contributed by atoms with E-state index in [4.69, 9.17) is 4.74 Å². The number of benzene rings is 2.